The zero-order chi connectivity index (χ0) is 11.0. The Labute approximate surface area is 101 Å². The van der Waals surface area contributed by atoms with E-state index >= 15 is 0 Å². The highest BCUT2D eigenvalue weighted by molar-refractivity contribution is 9.10. The Balaban J connectivity index is 2.33. The van der Waals surface area contributed by atoms with E-state index in [0.717, 1.165) is 21.2 Å². The van der Waals surface area contributed by atoms with Crippen LogP contribution in [0.25, 0.3) is 16.7 Å². The molecule has 4 heteroatoms. The molecule has 0 aliphatic rings. The number of hydrogen-bond donors (Lipinski definition) is 0. The maximum Gasteiger partial charge on any atom is 0.137 e. The Hall–Kier alpha value is -1.68. The molecule has 0 saturated carbocycles. The molecule has 3 aromatic heterocycles. The van der Waals surface area contributed by atoms with Gasteiger partial charge in [0.05, 0.1) is 11.7 Å². The van der Waals surface area contributed by atoms with Gasteiger partial charge in [-0.05, 0) is 34.1 Å². The molecule has 16 heavy (non-hydrogen) atoms. The molecule has 0 bridgehead atoms. The van der Waals surface area contributed by atoms with Crippen LogP contribution in [0.2, 0.25) is 0 Å². The Morgan fingerprint density at radius 1 is 1.12 bits per heavy atom. The lowest BCUT2D eigenvalue weighted by Gasteiger charge is -2.02. The number of nitrogens with zero attached hydrogens (tertiary/aromatic N) is 3. The van der Waals surface area contributed by atoms with E-state index < -0.39 is 0 Å². The summed E-state index contributed by atoms with van der Waals surface area (Å²) in [5.41, 5.74) is 1.05. The van der Waals surface area contributed by atoms with Crippen LogP contribution in [0.5, 0.6) is 0 Å². The predicted octanol–water partition coefficient (Wildman–Crippen LogP) is 3.18. The van der Waals surface area contributed by atoms with Gasteiger partial charge >= 0.3 is 0 Å². The maximum absolute atomic E-state index is 4.33. The molecule has 3 heterocycles. The minimum Gasteiger partial charge on any atom is -0.298 e. The molecule has 0 radical (unpaired) electrons. The third-order valence-corrected chi connectivity index (χ3v) is 3.09. The van der Waals surface area contributed by atoms with Gasteiger partial charge in [-0.1, -0.05) is 6.07 Å². The number of rotatable bonds is 1. The van der Waals surface area contributed by atoms with Crippen LogP contribution in [-0.4, -0.2) is 14.5 Å². The van der Waals surface area contributed by atoms with Crippen LogP contribution in [0.4, 0.5) is 0 Å². The summed E-state index contributed by atoms with van der Waals surface area (Å²) >= 11 is 3.54. The number of fused-ring (bicyclic) bond motifs is 1. The van der Waals surface area contributed by atoms with Gasteiger partial charge in [0, 0.05) is 28.4 Å². The van der Waals surface area contributed by atoms with E-state index in [4.69, 9.17) is 0 Å². The van der Waals surface area contributed by atoms with Crippen molar-refractivity contribution in [1.29, 1.82) is 0 Å². The monoisotopic (exact) mass is 273 g/mol. The summed E-state index contributed by atoms with van der Waals surface area (Å²) < 4.78 is 3.07. The molecule has 0 N–H and O–H groups in total. The van der Waals surface area contributed by atoms with E-state index in [9.17, 15) is 0 Å². The summed E-state index contributed by atoms with van der Waals surface area (Å²) in [6, 6.07) is 7.83. The van der Waals surface area contributed by atoms with Crippen LogP contribution in [0.3, 0.4) is 0 Å². The average molecular weight is 274 g/mol. The highest BCUT2D eigenvalue weighted by Gasteiger charge is 2.07. The maximum atomic E-state index is 4.33. The highest BCUT2D eigenvalue weighted by atomic mass is 79.9. The Kier molecular flexibility index (Phi) is 2.22. The highest BCUT2D eigenvalue weighted by Crippen LogP contribution is 2.27. The Bertz CT molecular complexity index is 631. The minimum absolute atomic E-state index is 0.895. The normalized spacial score (nSPS) is 10.8. The van der Waals surface area contributed by atoms with Gasteiger partial charge in [0.15, 0.2) is 0 Å². The summed E-state index contributed by atoms with van der Waals surface area (Å²) in [6.07, 6.45) is 7.42. The van der Waals surface area contributed by atoms with Crippen molar-refractivity contribution in [3.63, 3.8) is 0 Å². The lowest BCUT2D eigenvalue weighted by atomic mass is 10.3. The third kappa shape index (κ3) is 1.42. The lowest BCUT2D eigenvalue weighted by Crippen LogP contribution is -1.94. The summed E-state index contributed by atoms with van der Waals surface area (Å²) in [5.74, 6) is 0.895. The second-order valence-electron chi connectivity index (χ2n) is 3.43. The molecule has 0 aliphatic heterocycles. The van der Waals surface area contributed by atoms with Crippen LogP contribution in [0, 0.1) is 0 Å². The number of halogens is 1. The van der Waals surface area contributed by atoms with E-state index in [0.29, 0.717) is 0 Å². The molecule has 0 spiro atoms. The molecule has 3 aromatic rings. The average Bonchev–Trinajstić information content (AvgIpc) is 2.69. The smallest absolute Gasteiger partial charge is 0.137 e. The largest absolute Gasteiger partial charge is 0.298 e. The zero-order valence-corrected chi connectivity index (χ0v) is 9.92. The van der Waals surface area contributed by atoms with Gasteiger partial charge < -0.3 is 0 Å². The summed E-state index contributed by atoms with van der Waals surface area (Å²) in [5, 5.41) is 1.14. The second kappa shape index (κ2) is 3.72. The molecule has 0 amide bonds. The Morgan fingerprint density at radius 2 is 2.06 bits per heavy atom. The van der Waals surface area contributed by atoms with Crippen molar-refractivity contribution in [1.82, 2.24) is 14.5 Å². The molecular weight excluding hydrogens is 266 g/mol. The first-order valence-corrected chi connectivity index (χ1v) is 5.67. The van der Waals surface area contributed by atoms with Gasteiger partial charge in [0.1, 0.15) is 5.82 Å². The fourth-order valence-corrected chi connectivity index (χ4v) is 2.26. The van der Waals surface area contributed by atoms with E-state index in [2.05, 4.69) is 25.9 Å². The molecule has 78 valence electrons. The zero-order valence-electron chi connectivity index (χ0n) is 8.34. The molecule has 0 unspecified atom stereocenters. The minimum atomic E-state index is 0.895. The summed E-state index contributed by atoms with van der Waals surface area (Å²) in [7, 11) is 0. The number of hydrogen-bond acceptors (Lipinski definition) is 2. The van der Waals surface area contributed by atoms with Crippen molar-refractivity contribution in [2.75, 3.05) is 0 Å². The van der Waals surface area contributed by atoms with Gasteiger partial charge in [-0.15, -0.1) is 0 Å². The molecule has 0 fully saturated rings. The van der Waals surface area contributed by atoms with Crippen LogP contribution < -0.4 is 0 Å². The van der Waals surface area contributed by atoms with E-state index in [-0.39, 0.29) is 0 Å². The molecular formula is C12H8BrN3. The van der Waals surface area contributed by atoms with Crippen molar-refractivity contribution in [3.05, 3.63) is 53.5 Å². The first kappa shape index (κ1) is 9.54. The van der Waals surface area contributed by atoms with Gasteiger partial charge in [-0.2, -0.15) is 0 Å². The predicted molar refractivity (Wildman–Crippen MR) is 66.6 cm³/mol. The van der Waals surface area contributed by atoms with Gasteiger partial charge in [-0.3, -0.25) is 9.55 Å². The van der Waals surface area contributed by atoms with E-state index in [1.165, 1.54) is 0 Å². The molecule has 3 nitrogen and oxygen atoms in total. The van der Waals surface area contributed by atoms with Crippen LogP contribution >= 0.6 is 15.9 Å². The summed E-state index contributed by atoms with van der Waals surface area (Å²) in [6.45, 7) is 0. The van der Waals surface area contributed by atoms with Crippen molar-refractivity contribution in [2.45, 2.75) is 0 Å². The van der Waals surface area contributed by atoms with Gasteiger partial charge in [-0.25, -0.2) is 4.98 Å². The first-order chi connectivity index (χ1) is 7.86. The van der Waals surface area contributed by atoms with Crippen LogP contribution in [0.1, 0.15) is 0 Å². The SMILES string of the molecule is Brc1cn(-c2ccccn2)c2cnccc12. The van der Waals surface area contributed by atoms with Crippen molar-refractivity contribution >= 4 is 26.8 Å². The molecule has 0 saturated heterocycles. The molecule has 0 aromatic carbocycles. The van der Waals surface area contributed by atoms with Crippen molar-refractivity contribution < 1.29 is 0 Å². The molecule has 3 rings (SSSR count). The van der Waals surface area contributed by atoms with Crippen molar-refractivity contribution in [2.24, 2.45) is 0 Å². The van der Waals surface area contributed by atoms with Crippen LogP contribution in [-0.2, 0) is 0 Å². The van der Waals surface area contributed by atoms with E-state index in [1.807, 2.05) is 41.2 Å². The number of aromatic nitrogens is 3. The summed E-state index contributed by atoms with van der Waals surface area (Å²) in [4.78, 5) is 8.47. The second-order valence-corrected chi connectivity index (χ2v) is 4.28. The van der Waals surface area contributed by atoms with Crippen molar-refractivity contribution in [3.8, 4) is 5.82 Å². The standard InChI is InChI=1S/C12H8BrN3/c13-10-8-16(12-3-1-2-5-15-12)11-7-14-6-4-9(10)11/h1-8H. The fourth-order valence-electron chi connectivity index (χ4n) is 1.72. The number of pyridine rings is 2. The van der Waals surface area contributed by atoms with Gasteiger partial charge in [0.25, 0.3) is 0 Å². The lowest BCUT2D eigenvalue weighted by molar-refractivity contribution is 1.04. The topological polar surface area (TPSA) is 30.7 Å². The van der Waals surface area contributed by atoms with Gasteiger partial charge in [0.2, 0.25) is 0 Å². The molecule has 0 aliphatic carbocycles. The quantitative estimate of drug-likeness (QED) is 0.682. The third-order valence-electron chi connectivity index (χ3n) is 2.46. The fraction of sp³-hybridized carbons (Fsp3) is 0. The molecule has 0 atom stereocenters. The first-order valence-electron chi connectivity index (χ1n) is 4.88. The van der Waals surface area contributed by atoms with E-state index in [1.54, 1.807) is 12.4 Å². The Morgan fingerprint density at radius 3 is 2.88 bits per heavy atom. The van der Waals surface area contributed by atoms with Crippen LogP contribution in [0.15, 0.2) is 53.5 Å².